The summed E-state index contributed by atoms with van der Waals surface area (Å²) in [6.45, 7) is 0.317. The fourth-order valence-corrected chi connectivity index (χ4v) is 1.67. The first-order chi connectivity index (χ1) is 8.65. The van der Waals surface area contributed by atoms with Crippen molar-refractivity contribution in [1.29, 1.82) is 0 Å². The molecule has 5 heteroatoms. The Morgan fingerprint density at radius 2 is 2.06 bits per heavy atom. The number of benzene rings is 1. The van der Waals surface area contributed by atoms with Gasteiger partial charge in [-0.25, -0.2) is 4.98 Å². The molecule has 2 aromatic rings. The van der Waals surface area contributed by atoms with Crippen molar-refractivity contribution >= 4 is 17.5 Å². The molecule has 1 amide bonds. The smallest absolute Gasteiger partial charge is 0.270 e. The predicted octanol–water partition coefficient (Wildman–Crippen LogP) is 2.80. The second-order valence-corrected chi connectivity index (χ2v) is 4.09. The van der Waals surface area contributed by atoms with Crippen LogP contribution in [0.2, 0.25) is 5.02 Å². The van der Waals surface area contributed by atoms with Crippen molar-refractivity contribution in [3.8, 4) is 0 Å². The van der Waals surface area contributed by atoms with Crippen LogP contribution in [-0.2, 0) is 6.54 Å². The van der Waals surface area contributed by atoms with Crippen LogP contribution in [0.3, 0.4) is 0 Å². The van der Waals surface area contributed by atoms with Crippen LogP contribution in [0.5, 0.6) is 0 Å². The maximum atomic E-state index is 12.8. The molecule has 0 aliphatic rings. The Morgan fingerprint density at radius 3 is 2.78 bits per heavy atom. The molecule has 1 aromatic heterocycles. The minimum absolute atomic E-state index is 0.0528. The number of aromatic nitrogens is 1. The van der Waals surface area contributed by atoms with Gasteiger partial charge in [0.2, 0.25) is 5.95 Å². The number of pyridine rings is 1. The first-order valence-electron chi connectivity index (χ1n) is 5.30. The van der Waals surface area contributed by atoms with Crippen molar-refractivity contribution in [1.82, 2.24) is 10.3 Å². The summed E-state index contributed by atoms with van der Waals surface area (Å²) < 4.78 is 12.8. The maximum absolute atomic E-state index is 12.8. The van der Waals surface area contributed by atoms with Crippen molar-refractivity contribution in [3.63, 3.8) is 0 Å². The second-order valence-electron chi connectivity index (χ2n) is 3.66. The largest absolute Gasteiger partial charge is 0.347 e. The van der Waals surface area contributed by atoms with Gasteiger partial charge in [-0.2, -0.15) is 4.39 Å². The molecule has 0 bridgehead atoms. The lowest BCUT2D eigenvalue weighted by Gasteiger charge is -2.05. The van der Waals surface area contributed by atoms with E-state index < -0.39 is 11.9 Å². The number of amides is 1. The summed E-state index contributed by atoms with van der Waals surface area (Å²) in [5.41, 5.74) is 0.921. The van der Waals surface area contributed by atoms with Gasteiger partial charge in [-0.1, -0.05) is 29.8 Å². The Bertz CT molecular complexity index is 574. The van der Waals surface area contributed by atoms with E-state index in [1.165, 1.54) is 18.2 Å². The Balaban J connectivity index is 2.00. The van der Waals surface area contributed by atoms with Gasteiger partial charge in [0.25, 0.3) is 5.91 Å². The van der Waals surface area contributed by atoms with Crippen molar-refractivity contribution < 1.29 is 9.18 Å². The highest BCUT2D eigenvalue weighted by Gasteiger charge is 2.07. The molecule has 0 fully saturated rings. The normalized spacial score (nSPS) is 10.1. The van der Waals surface area contributed by atoms with Gasteiger partial charge in [-0.05, 0) is 29.8 Å². The highest BCUT2D eigenvalue weighted by atomic mass is 35.5. The minimum atomic E-state index is -0.676. The van der Waals surface area contributed by atoms with Gasteiger partial charge in [0.15, 0.2) is 0 Å². The van der Waals surface area contributed by atoms with Gasteiger partial charge in [-0.15, -0.1) is 0 Å². The SMILES string of the molecule is O=C(NCc1cccc(Cl)c1)c1cccc(F)n1. The van der Waals surface area contributed by atoms with Crippen molar-refractivity contribution in [3.05, 3.63) is 64.7 Å². The summed E-state index contributed by atoms with van der Waals surface area (Å²) in [4.78, 5) is 15.2. The standard InChI is InChI=1S/C13H10ClFN2O/c14-10-4-1-3-9(7-10)8-16-13(18)11-5-2-6-12(15)17-11/h1-7H,8H2,(H,16,18). The van der Waals surface area contributed by atoms with E-state index in [4.69, 9.17) is 11.6 Å². The summed E-state index contributed by atoms with van der Waals surface area (Å²) in [5, 5.41) is 3.25. The predicted molar refractivity (Wildman–Crippen MR) is 66.8 cm³/mol. The van der Waals surface area contributed by atoms with E-state index in [1.54, 1.807) is 18.2 Å². The van der Waals surface area contributed by atoms with E-state index in [-0.39, 0.29) is 5.69 Å². The molecule has 2 rings (SSSR count). The third-order valence-corrected chi connectivity index (χ3v) is 2.52. The fourth-order valence-electron chi connectivity index (χ4n) is 1.45. The Labute approximate surface area is 109 Å². The molecule has 18 heavy (non-hydrogen) atoms. The molecule has 0 aliphatic carbocycles. The molecule has 0 spiro atoms. The molecule has 1 heterocycles. The number of nitrogens with zero attached hydrogens (tertiary/aromatic N) is 1. The highest BCUT2D eigenvalue weighted by Crippen LogP contribution is 2.10. The van der Waals surface area contributed by atoms with Crippen LogP contribution in [0.25, 0.3) is 0 Å². The number of carbonyl (C=O) groups is 1. The zero-order valence-electron chi connectivity index (χ0n) is 9.36. The Kier molecular flexibility index (Phi) is 3.89. The lowest BCUT2D eigenvalue weighted by atomic mass is 10.2. The van der Waals surface area contributed by atoms with Crippen LogP contribution in [0, 0.1) is 5.95 Å². The molecule has 0 saturated heterocycles. The third-order valence-electron chi connectivity index (χ3n) is 2.29. The monoisotopic (exact) mass is 264 g/mol. The molecule has 0 unspecified atom stereocenters. The van der Waals surface area contributed by atoms with Gasteiger partial charge in [0, 0.05) is 11.6 Å². The Morgan fingerprint density at radius 1 is 1.28 bits per heavy atom. The molecule has 0 saturated carbocycles. The van der Waals surface area contributed by atoms with Gasteiger partial charge in [0.1, 0.15) is 5.69 Å². The van der Waals surface area contributed by atoms with Crippen LogP contribution < -0.4 is 5.32 Å². The van der Waals surface area contributed by atoms with E-state index in [2.05, 4.69) is 10.3 Å². The van der Waals surface area contributed by atoms with Crippen LogP contribution in [0.4, 0.5) is 4.39 Å². The van der Waals surface area contributed by atoms with Gasteiger partial charge in [0.05, 0.1) is 0 Å². The number of carbonyl (C=O) groups excluding carboxylic acids is 1. The van der Waals surface area contributed by atoms with Gasteiger partial charge in [-0.3, -0.25) is 4.79 Å². The molecule has 3 nitrogen and oxygen atoms in total. The van der Waals surface area contributed by atoms with E-state index in [0.717, 1.165) is 5.56 Å². The molecule has 0 aliphatic heterocycles. The summed E-state index contributed by atoms with van der Waals surface area (Å²) >= 11 is 5.82. The van der Waals surface area contributed by atoms with Gasteiger partial charge >= 0.3 is 0 Å². The first-order valence-corrected chi connectivity index (χ1v) is 5.68. The zero-order chi connectivity index (χ0) is 13.0. The molecule has 1 aromatic carbocycles. The molecule has 92 valence electrons. The van der Waals surface area contributed by atoms with Crippen molar-refractivity contribution in [2.45, 2.75) is 6.54 Å². The lowest BCUT2D eigenvalue weighted by molar-refractivity contribution is 0.0944. The number of halogens is 2. The summed E-state index contributed by atoms with van der Waals surface area (Å²) in [6.07, 6.45) is 0. The zero-order valence-corrected chi connectivity index (χ0v) is 10.1. The Hall–Kier alpha value is -1.94. The molecular formula is C13H10ClFN2O. The topological polar surface area (TPSA) is 42.0 Å². The number of hydrogen-bond donors (Lipinski definition) is 1. The first kappa shape index (κ1) is 12.5. The van der Waals surface area contributed by atoms with E-state index in [1.807, 2.05) is 6.07 Å². The number of nitrogens with one attached hydrogen (secondary N) is 1. The number of rotatable bonds is 3. The van der Waals surface area contributed by atoms with Crippen LogP contribution in [-0.4, -0.2) is 10.9 Å². The average Bonchev–Trinajstić information content (AvgIpc) is 2.36. The molecular weight excluding hydrogens is 255 g/mol. The molecule has 0 radical (unpaired) electrons. The summed E-state index contributed by atoms with van der Waals surface area (Å²) in [5.74, 6) is -1.10. The number of hydrogen-bond acceptors (Lipinski definition) is 2. The summed E-state index contributed by atoms with van der Waals surface area (Å²) in [7, 11) is 0. The molecule has 1 N–H and O–H groups in total. The fraction of sp³-hybridized carbons (Fsp3) is 0.0769. The van der Waals surface area contributed by atoms with Crippen LogP contribution >= 0.6 is 11.6 Å². The maximum Gasteiger partial charge on any atom is 0.270 e. The summed E-state index contributed by atoms with van der Waals surface area (Å²) in [6, 6.07) is 11.2. The van der Waals surface area contributed by atoms with E-state index >= 15 is 0 Å². The third kappa shape index (κ3) is 3.28. The second kappa shape index (κ2) is 5.60. The lowest BCUT2D eigenvalue weighted by Crippen LogP contribution is -2.24. The van der Waals surface area contributed by atoms with Crippen LogP contribution in [0.1, 0.15) is 16.1 Å². The van der Waals surface area contributed by atoms with E-state index in [9.17, 15) is 9.18 Å². The van der Waals surface area contributed by atoms with Crippen LogP contribution in [0.15, 0.2) is 42.5 Å². The minimum Gasteiger partial charge on any atom is -0.347 e. The van der Waals surface area contributed by atoms with E-state index in [0.29, 0.717) is 11.6 Å². The van der Waals surface area contributed by atoms with Crippen molar-refractivity contribution in [2.75, 3.05) is 0 Å². The molecule has 0 atom stereocenters. The van der Waals surface area contributed by atoms with Gasteiger partial charge < -0.3 is 5.32 Å². The average molecular weight is 265 g/mol. The highest BCUT2D eigenvalue weighted by molar-refractivity contribution is 6.30. The quantitative estimate of drug-likeness (QED) is 0.866. The van der Waals surface area contributed by atoms with Crippen molar-refractivity contribution in [2.24, 2.45) is 0 Å².